The number of carbonyl (C=O) groups is 2. The Morgan fingerprint density at radius 3 is 1.41 bits per heavy atom. The summed E-state index contributed by atoms with van der Waals surface area (Å²) < 4.78 is 0. The first-order valence-electron chi connectivity index (χ1n) is 9.61. The summed E-state index contributed by atoms with van der Waals surface area (Å²) in [7, 11) is 0. The van der Waals surface area contributed by atoms with Crippen molar-refractivity contribution in [1.82, 2.24) is 9.80 Å². The van der Waals surface area contributed by atoms with Gasteiger partial charge in [-0.05, 0) is 25.7 Å². The van der Waals surface area contributed by atoms with Gasteiger partial charge in [-0.1, -0.05) is 6.42 Å². The van der Waals surface area contributed by atoms with Crippen LogP contribution in [-0.4, -0.2) is 71.2 Å². The highest BCUT2D eigenvalue weighted by Crippen LogP contribution is 2.09. The van der Waals surface area contributed by atoms with Crippen LogP contribution in [0.25, 0.3) is 0 Å². The molecule has 0 bridgehead atoms. The highest BCUT2D eigenvalue weighted by molar-refractivity contribution is 5.76. The van der Waals surface area contributed by atoms with Crippen molar-refractivity contribution in [2.45, 2.75) is 57.8 Å². The third-order valence-corrected chi connectivity index (χ3v) is 4.16. The van der Waals surface area contributed by atoms with Gasteiger partial charge in [0.25, 0.3) is 0 Å². The maximum Gasteiger partial charge on any atom is 0.222 e. The van der Waals surface area contributed by atoms with Crippen molar-refractivity contribution in [2.24, 2.45) is 0 Å². The molecule has 2 amide bonds. The predicted octanol–water partition coefficient (Wildman–Crippen LogP) is 1.19. The summed E-state index contributed by atoms with van der Waals surface area (Å²) in [4.78, 5) is 27.5. The lowest BCUT2D eigenvalue weighted by Gasteiger charge is -2.22. The van der Waals surface area contributed by atoms with Gasteiger partial charge in [0.15, 0.2) is 0 Å². The summed E-state index contributed by atoms with van der Waals surface area (Å²) in [5, 5.41) is 35.2. The van der Waals surface area contributed by atoms with Crippen molar-refractivity contribution in [2.75, 3.05) is 39.4 Å². The normalized spacial score (nSPS) is 10.1. The quantitative estimate of drug-likeness (QED) is 0.387. The second-order valence-electron chi connectivity index (χ2n) is 6.29. The molecule has 0 saturated carbocycles. The number of aliphatic hydroxyl groups is 2. The minimum Gasteiger partial charge on any atom is -0.395 e. The molecule has 0 heterocycles. The second kappa shape index (κ2) is 17.3. The molecule has 8 heteroatoms. The van der Waals surface area contributed by atoms with Crippen LogP contribution in [0.2, 0.25) is 0 Å². The van der Waals surface area contributed by atoms with Crippen LogP contribution in [0, 0.1) is 22.7 Å². The number of hydrogen-bond donors (Lipinski definition) is 2. The van der Waals surface area contributed by atoms with Gasteiger partial charge in [-0.2, -0.15) is 10.5 Å². The van der Waals surface area contributed by atoms with E-state index in [0.29, 0.717) is 64.5 Å². The molecule has 0 spiro atoms. The van der Waals surface area contributed by atoms with Gasteiger partial charge in [-0.3, -0.25) is 9.59 Å². The van der Waals surface area contributed by atoms with Gasteiger partial charge in [-0.25, -0.2) is 0 Å². The maximum atomic E-state index is 12.2. The monoisotopic (exact) mass is 380 g/mol. The average Bonchev–Trinajstić information content (AvgIpc) is 2.66. The lowest BCUT2D eigenvalue weighted by atomic mass is 10.1. The minimum absolute atomic E-state index is 0.0354. The molecule has 0 unspecified atom stereocenters. The number of amides is 2. The maximum absolute atomic E-state index is 12.2. The van der Waals surface area contributed by atoms with Crippen LogP contribution in [0.15, 0.2) is 0 Å². The molecule has 0 aliphatic carbocycles. The van der Waals surface area contributed by atoms with E-state index in [9.17, 15) is 9.59 Å². The molecule has 0 aromatic heterocycles. The van der Waals surface area contributed by atoms with Gasteiger partial charge in [-0.15, -0.1) is 0 Å². The SMILES string of the molecule is N#CCCCN(CCO)C(=O)CCCCCC(=O)N(CCO)CCCC#N. The van der Waals surface area contributed by atoms with E-state index >= 15 is 0 Å². The first kappa shape index (κ1) is 24.8. The Bertz CT molecular complexity index is 455. The molecular formula is C19H32N4O4. The van der Waals surface area contributed by atoms with Crippen LogP contribution in [0.5, 0.6) is 0 Å². The fraction of sp³-hybridized carbons (Fsp3) is 0.789. The molecule has 0 aliphatic rings. The molecule has 152 valence electrons. The first-order chi connectivity index (χ1) is 13.1. The molecule has 0 radical (unpaired) electrons. The Morgan fingerprint density at radius 2 is 1.07 bits per heavy atom. The van der Waals surface area contributed by atoms with Crippen molar-refractivity contribution >= 4 is 11.8 Å². The summed E-state index contributed by atoms with van der Waals surface area (Å²) in [6, 6.07) is 4.08. The summed E-state index contributed by atoms with van der Waals surface area (Å²) >= 11 is 0. The highest BCUT2D eigenvalue weighted by Gasteiger charge is 2.14. The van der Waals surface area contributed by atoms with Crippen LogP contribution in [-0.2, 0) is 9.59 Å². The van der Waals surface area contributed by atoms with Crippen LogP contribution >= 0.6 is 0 Å². The van der Waals surface area contributed by atoms with Crippen LogP contribution in [0.3, 0.4) is 0 Å². The number of rotatable bonds is 16. The van der Waals surface area contributed by atoms with E-state index in [0.717, 1.165) is 6.42 Å². The largest absolute Gasteiger partial charge is 0.395 e. The van der Waals surface area contributed by atoms with Gasteiger partial charge >= 0.3 is 0 Å². The number of unbranched alkanes of at least 4 members (excludes halogenated alkanes) is 4. The molecule has 0 aromatic carbocycles. The fourth-order valence-electron chi connectivity index (χ4n) is 2.71. The topological polar surface area (TPSA) is 129 Å². The van der Waals surface area contributed by atoms with E-state index < -0.39 is 0 Å². The van der Waals surface area contributed by atoms with Crippen LogP contribution in [0.1, 0.15) is 57.8 Å². The smallest absolute Gasteiger partial charge is 0.222 e. The number of nitrogens with zero attached hydrogens (tertiary/aromatic N) is 4. The van der Waals surface area contributed by atoms with Gasteiger partial charge in [0, 0.05) is 51.9 Å². The molecule has 0 saturated heterocycles. The second-order valence-corrected chi connectivity index (χ2v) is 6.29. The standard InChI is InChI=1S/C19H32N4O4/c20-10-4-6-12-22(14-16-24)18(26)8-2-1-3-9-19(27)23(15-17-25)13-7-5-11-21/h24-25H,1-9,12-17H2. The summed E-state index contributed by atoms with van der Waals surface area (Å²) in [6.45, 7) is 1.32. The number of nitriles is 2. The molecule has 0 aliphatic heterocycles. The van der Waals surface area contributed by atoms with E-state index in [2.05, 4.69) is 0 Å². The van der Waals surface area contributed by atoms with E-state index in [1.807, 2.05) is 12.1 Å². The fourth-order valence-corrected chi connectivity index (χ4v) is 2.71. The third-order valence-electron chi connectivity index (χ3n) is 4.16. The van der Waals surface area contributed by atoms with Crippen molar-refractivity contribution in [3.8, 4) is 12.1 Å². The third kappa shape index (κ3) is 12.8. The predicted molar refractivity (Wildman–Crippen MR) is 100 cm³/mol. The molecule has 0 aromatic rings. The number of aliphatic hydroxyl groups excluding tert-OH is 2. The summed E-state index contributed by atoms with van der Waals surface area (Å²) in [6.07, 6.45) is 4.78. The summed E-state index contributed by atoms with van der Waals surface area (Å²) in [5.41, 5.74) is 0. The van der Waals surface area contributed by atoms with Gasteiger partial charge in [0.1, 0.15) is 0 Å². The molecule has 0 atom stereocenters. The minimum atomic E-state index is -0.0979. The average molecular weight is 380 g/mol. The lowest BCUT2D eigenvalue weighted by Crippen LogP contribution is -2.34. The molecular weight excluding hydrogens is 348 g/mol. The van der Waals surface area contributed by atoms with E-state index in [4.69, 9.17) is 20.7 Å². The Balaban J connectivity index is 4.09. The Labute approximate surface area is 162 Å². The van der Waals surface area contributed by atoms with E-state index in [1.54, 1.807) is 9.80 Å². The Kier molecular flexibility index (Phi) is 15.9. The molecule has 0 rings (SSSR count). The first-order valence-corrected chi connectivity index (χ1v) is 9.61. The van der Waals surface area contributed by atoms with Crippen LogP contribution < -0.4 is 0 Å². The molecule has 2 N–H and O–H groups in total. The zero-order valence-electron chi connectivity index (χ0n) is 16.1. The van der Waals surface area contributed by atoms with Crippen LogP contribution in [0.4, 0.5) is 0 Å². The van der Waals surface area contributed by atoms with Crippen molar-refractivity contribution in [1.29, 1.82) is 10.5 Å². The zero-order chi connectivity index (χ0) is 20.3. The lowest BCUT2D eigenvalue weighted by molar-refractivity contribution is -0.132. The highest BCUT2D eigenvalue weighted by atomic mass is 16.3. The van der Waals surface area contributed by atoms with E-state index in [1.165, 1.54) is 0 Å². The van der Waals surface area contributed by atoms with E-state index in [-0.39, 0.29) is 38.1 Å². The van der Waals surface area contributed by atoms with Crippen molar-refractivity contribution in [3.63, 3.8) is 0 Å². The van der Waals surface area contributed by atoms with Gasteiger partial charge in [0.05, 0.1) is 25.4 Å². The Morgan fingerprint density at radius 1 is 0.667 bits per heavy atom. The van der Waals surface area contributed by atoms with Gasteiger partial charge < -0.3 is 20.0 Å². The van der Waals surface area contributed by atoms with Crippen molar-refractivity contribution < 1.29 is 19.8 Å². The molecule has 0 fully saturated rings. The molecule has 8 nitrogen and oxygen atoms in total. The van der Waals surface area contributed by atoms with Gasteiger partial charge in [0.2, 0.25) is 11.8 Å². The number of hydrogen-bond acceptors (Lipinski definition) is 6. The van der Waals surface area contributed by atoms with Crippen molar-refractivity contribution in [3.05, 3.63) is 0 Å². The zero-order valence-corrected chi connectivity index (χ0v) is 16.1. The number of carbonyl (C=O) groups excluding carboxylic acids is 2. The summed E-state index contributed by atoms with van der Waals surface area (Å²) in [5.74, 6) is -0.0709. The molecule has 27 heavy (non-hydrogen) atoms. The Hall–Kier alpha value is -2.16.